The zero-order valence-electron chi connectivity index (χ0n) is 18.5. The molecule has 1 unspecified atom stereocenters. The van der Waals surface area contributed by atoms with Crippen molar-refractivity contribution >= 4 is 27.5 Å². The van der Waals surface area contributed by atoms with Crippen LogP contribution in [0.1, 0.15) is 38.2 Å². The van der Waals surface area contributed by atoms with Crippen LogP contribution in [0.4, 0.5) is 0 Å². The standard InChI is InChI=1S/C21H29ClN4O4S/c1-14(2)26-16(4)20(15(3)23-26)31(28,29)25-11-9-24(10-12-25)21(27)17(5)30-19-8-6-7-18(22)13-19/h6-8,13-14,17H,9-12H2,1-5H3. The van der Waals surface area contributed by atoms with Gasteiger partial charge in [-0.15, -0.1) is 0 Å². The normalized spacial score (nSPS) is 16.5. The average molecular weight is 469 g/mol. The summed E-state index contributed by atoms with van der Waals surface area (Å²) in [4.78, 5) is 14.7. The van der Waals surface area contributed by atoms with Crippen molar-refractivity contribution in [1.82, 2.24) is 19.0 Å². The Morgan fingerprint density at radius 2 is 1.77 bits per heavy atom. The van der Waals surface area contributed by atoms with Crippen LogP contribution < -0.4 is 4.74 Å². The van der Waals surface area contributed by atoms with Gasteiger partial charge in [-0.2, -0.15) is 9.40 Å². The number of hydrogen-bond donors (Lipinski definition) is 0. The predicted octanol–water partition coefficient (Wildman–Crippen LogP) is 3.03. The number of sulfonamides is 1. The van der Waals surface area contributed by atoms with Crippen LogP contribution in [0.3, 0.4) is 0 Å². The maximum Gasteiger partial charge on any atom is 0.263 e. The highest BCUT2D eigenvalue weighted by molar-refractivity contribution is 7.89. The lowest BCUT2D eigenvalue weighted by Crippen LogP contribution is -2.53. The van der Waals surface area contributed by atoms with Crippen molar-refractivity contribution in [2.45, 2.75) is 51.7 Å². The summed E-state index contributed by atoms with van der Waals surface area (Å²) < 4.78 is 35.4. The number of rotatable bonds is 6. The van der Waals surface area contributed by atoms with Gasteiger partial charge in [-0.3, -0.25) is 9.48 Å². The molecule has 0 aliphatic carbocycles. The molecular weight excluding hydrogens is 440 g/mol. The monoisotopic (exact) mass is 468 g/mol. The van der Waals surface area contributed by atoms with Crippen LogP contribution in [-0.4, -0.2) is 65.6 Å². The van der Waals surface area contributed by atoms with Gasteiger partial charge in [-0.1, -0.05) is 17.7 Å². The van der Waals surface area contributed by atoms with E-state index in [9.17, 15) is 13.2 Å². The van der Waals surface area contributed by atoms with Crippen molar-refractivity contribution in [3.05, 3.63) is 40.7 Å². The number of halogens is 1. The Kier molecular flexibility index (Phi) is 6.98. The second-order valence-corrected chi connectivity index (χ2v) is 10.3. The molecule has 31 heavy (non-hydrogen) atoms. The number of ether oxygens (including phenoxy) is 1. The summed E-state index contributed by atoms with van der Waals surface area (Å²) in [6.45, 7) is 10.2. The lowest BCUT2D eigenvalue weighted by atomic mass is 10.2. The molecule has 0 saturated carbocycles. The van der Waals surface area contributed by atoms with Gasteiger partial charge in [0.05, 0.1) is 11.4 Å². The highest BCUT2D eigenvalue weighted by atomic mass is 35.5. The van der Waals surface area contributed by atoms with Crippen LogP contribution in [0.2, 0.25) is 5.02 Å². The fourth-order valence-electron chi connectivity index (χ4n) is 3.85. The summed E-state index contributed by atoms with van der Waals surface area (Å²) in [5.41, 5.74) is 1.13. The molecule has 170 valence electrons. The highest BCUT2D eigenvalue weighted by Crippen LogP contribution is 2.26. The third-order valence-electron chi connectivity index (χ3n) is 5.35. The van der Waals surface area contributed by atoms with Gasteiger partial charge in [0.1, 0.15) is 10.6 Å². The number of piperazine rings is 1. The highest BCUT2D eigenvalue weighted by Gasteiger charge is 2.35. The van der Waals surface area contributed by atoms with Crippen LogP contribution in [0.5, 0.6) is 5.75 Å². The molecule has 0 spiro atoms. The topological polar surface area (TPSA) is 84.7 Å². The minimum atomic E-state index is -3.69. The third kappa shape index (κ3) is 4.88. The zero-order valence-corrected chi connectivity index (χ0v) is 20.1. The number of carbonyl (C=O) groups is 1. The van der Waals surface area contributed by atoms with Crippen LogP contribution in [0.25, 0.3) is 0 Å². The molecule has 1 aromatic carbocycles. The van der Waals surface area contributed by atoms with E-state index in [2.05, 4.69) is 5.10 Å². The minimum Gasteiger partial charge on any atom is -0.481 e. The Labute approximate surface area is 188 Å². The van der Waals surface area contributed by atoms with Gasteiger partial charge in [-0.25, -0.2) is 8.42 Å². The van der Waals surface area contributed by atoms with Crippen LogP contribution in [0, 0.1) is 13.8 Å². The van der Waals surface area contributed by atoms with Crippen LogP contribution in [-0.2, 0) is 14.8 Å². The smallest absolute Gasteiger partial charge is 0.263 e. The van der Waals surface area contributed by atoms with Crippen molar-refractivity contribution in [2.24, 2.45) is 0 Å². The van der Waals surface area contributed by atoms with Gasteiger partial charge in [0, 0.05) is 37.2 Å². The molecule has 1 atom stereocenters. The Hall–Kier alpha value is -2.10. The number of amides is 1. The third-order valence-corrected chi connectivity index (χ3v) is 7.74. The molecule has 10 heteroatoms. The molecule has 8 nitrogen and oxygen atoms in total. The Balaban J connectivity index is 1.67. The predicted molar refractivity (Wildman–Crippen MR) is 119 cm³/mol. The number of carbonyl (C=O) groups excluding carboxylic acids is 1. The quantitative estimate of drug-likeness (QED) is 0.650. The van der Waals surface area contributed by atoms with Crippen LogP contribution in [0.15, 0.2) is 29.2 Å². The van der Waals surface area contributed by atoms with Crippen molar-refractivity contribution in [3.8, 4) is 5.75 Å². The van der Waals surface area contributed by atoms with Crippen molar-refractivity contribution < 1.29 is 17.9 Å². The summed E-state index contributed by atoms with van der Waals surface area (Å²) in [7, 11) is -3.69. The second-order valence-electron chi connectivity index (χ2n) is 7.99. The van der Waals surface area contributed by atoms with Gasteiger partial charge in [0.2, 0.25) is 10.0 Å². The van der Waals surface area contributed by atoms with E-state index in [-0.39, 0.29) is 29.9 Å². The maximum absolute atomic E-state index is 13.3. The molecule has 1 aromatic heterocycles. The molecule has 1 aliphatic heterocycles. The number of hydrogen-bond acceptors (Lipinski definition) is 5. The fourth-order valence-corrected chi connectivity index (χ4v) is 5.82. The van der Waals surface area contributed by atoms with E-state index >= 15 is 0 Å². The van der Waals surface area contributed by atoms with E-state index in [0.717, 1.165) is 0 Å². The van der Waals surface area contributed by atoms with Crippen molar-refractivity contribution in [2.75, 3.05) is 26.2 Å². The molecule has 2 aromatic rings. The van der Waals surface area contributed by atoms with E-state index in [1.807, 2.05) is 13.8 Å². The maximum atomic E-state index is 13.3. The summed E-state index contributed by atoms with van der Waals surface area (Å²) in [5.74, 6) is 0.333. The molecule has 1 fully saturated rings. The first-order chi connectivity index (χ1) is 14.5. The summed E-state index contributed by atoms with van der Waals surface area (Å²) in [6.07, 6.45) is -0.699. The van der Waals surface area contributed by atoms with E-state index < -0.39 is 16.1 Å². The van der Waals surface area contributed by atoms with Gasteiger partial charge in [0.25, 0.3) is 5.91 Å². The summed E-state index contributed by atoms with van der Waals surface area (Å²) in [6, 6.07) is 6.94. The molecule has 2 heterocycles. The van der Waals surface area contributed by atoms with E-state index in [1.54, 1.807) is 54.6 Å². The number of benzene rings is 1. The average Bonchev–Trinajstić information content (AvgIpc) is 3.02. The summed E-state index contributed by atoms with van der Waals surface area (Å²) >= 11 is 5.96. The lowest BCUT2D eigenvalue weighted by molar-refractivity contribution is -0.139. The Morgan fingerprint density at radius 1 is 1.13 bits per heavy atom. The van der Waals surface area contributed by atoms with E-state index in [4.69, 9.17) is 16.3 Å². The molecule has 1 aliphatic rings. The van der Waals surface area contributed by atoms with Crippen molar-refractivity contribution in [1.29, 1.82) is 0 Å². The first kappa shape index (κ1) is 23.6. The fraction of sp³-hybridized carbons (Fsp3) is 0.524. The zero-order chi connectivity index (χ0) is 22.9. The Bertz CT molecular complexity index is 1060. The first-order valence-electron chi connectivity index (χ1n) is 10.3. The number of aryl methyl sites for hydroxylation is 1. The Morgan fingerprint density at radius 3 is 2.32 bits per heavy atom. The van der Waals surface area contributed by atoms with E-state index in [0.29, 0.717) is 35.2 Å². The molecule has 1 amide bonds. The largest absolute Gasteiger partial charge is 0.481 e. The van der Waals surface area contributed by atoms with Gasteiger partial charge < -0.3 is 9.64 Å². The number of nitrogens with zero attached hydrogens (tertiary/aromatic N) is 4. The van der Waals surface area contributed by atoms with E-state index in [1.165, 1.54) is 4.31 Å². The SMILES string of the molecule is Cc1nn(C(C)C)c(C)c1S(=O)(=O)N1CCN(C(=O)C(C)Oc2cccc(Cl)c2)CC1. The van der Waals surface area contributed by atoms with Crippen LogP contribution >= 0.6 is 11.6 Å². The second kappa shape index (κ2) is 9.18. The lowest BCUT2D eigenvalue weighted by Gasteiger charge is -2.35. The van der Waals surface area contributed by atoms with Gasteiger partial charge in [-0.05, 0) is 52.8 Å². The molecule has 0 N–H and O–H groups in total. The molecular formula is C21H29ClN4O4S. The molecule has 1 saturated heterocycles. The summed E-state index contributed by atoms with van der Waals surface area (Å²) in [5, 5.41) is 4.93. The number of aromatic nitrogens is 2. The molecule has 0 radical (unpaired) electrons. The van der Waals surface area contributed by atoms with Gasteiger partial charge >= 0.3 is 0 Å². The minimum absolute atomic E-state index is 0.0677. The first-order valence-corrected chi connectivity index (χ1v) is 12.1. The molecule has 0 bridgehead atoms. The van der Waals surface area contributed by atoms with Gasteiger partial charge in [0.15, 0.2) is 6.10 Å². The van der Waals surface area contributed by atoms with Crippen molar-refractivity contribution in [3.63, 3.8) is 0 Å². The molecule has 3 rings (SSSR count).